The van der Waals surface area contributed by atoms with Crippen LogP contribution in [0.25, 0.3) is 0 Å². The fourth-order valence-electron chi connectivity index (χ4n) is 3.09. The Labute approximate surface area is 152 Å². The Balaban J connectivity index is 4.12. The summed E-state index contributed by atoms with van der Waals surface area (Å²) in [6.07, 6.45) is 9.16. The number of carbonyl (C=O) groups excluding carboxylic acids is 1. The zero-order valence-electron chi connectivity index (χ0n) is 16.1. The SMILES string of the molecule is CCCCCCCCCC(O)CC(=O)C(C(=O)O)C(O)CCCCC. The zero-order chi connectivity index (χ0) is 19.1. The van der Waals surface area contributed by atoms with E-state index in [0.717, 1.165) is 32.1 Å². The predicted molar refractivity (Wildman–Crippen MR) is 99.5 cm³/mol. The molecule has 0 bridgehead atoms. The molecule has 148 valence electrons. The first-order valence-corrected chi connectivity index (χ1v) is 10.1. The molecule has 0 aliphatic rings. The Morgan fingerprint density at radius 1 is 0.760 bits per heavy atom. The molecule has 0 amide bonds. The van der Waals surface area contributed by atoms with Crippen LogP contribution in [0.2, 0.25) is 0 Å². The van der Waals surface area contributed by atoms with E-state index in [-0.39, 0.29) is 6.42 Å². The van der Waals surface area contributed by atoms with Crippen LogP contribution in [-0.2, 0) is 9.59 Å². The number of hydrogen-bond donors (Lipinski definition) is 3. The summed E-state index contributed by atoms with van der Waals surface area (Å²) in [5.74, 6) is -3.27. The van der Waals surface area contributed by atoms with Gasteiger partial charge in [0.25, 0.3) is 0 Å². The monoisotopic (exact) mass is 358 g/mol. The van der Waals surface area contributed by atoms with Crippen molar-refractivity contribution in [3.05, 3.63) is 0 Å². The van der Waals surface area contributed by atoms with Crippen molar-refractivity contribution in [2.45, 2.75) is 110 Å². The number of carbonyl (C=O) groups is 2. The molecule has 0 saturated heterocycles. The van der Waals surface area contributed by atoms with Gasteiger partial charge in [-0.2, -0.15) is 0 Å². The highest BCUT2D eigenvalue weighted by Gasteiger charge is 2.33. The van der Waals surface area contributed by atoms with Gasteiger partial charge in [0.05, 0.1) is 12.2 Å². The molecule has 0 radical (unpaired) electrons. The molecule has 0 spiro atoms. The molecular weight excluding hydrogens is 320 g/mol. The molecule has 0 aliphatic heterocycles. The van der Waals surface area contributed by atoms with Crippen molar-refractivity contribution in [3.63, 3.8) is 0 Å². The third-order valence-electron chi connectivity index (χ3n) is 4.68. The first kappa shape index (κ1) is 24.1. The minimum absolute atomic E-state index is 0.183. The van der Waals surface area contributed by atoms with Gasteiger partial charge in [0, 0.05) is 6.42 Å². The van der Waals surface area contributed by atoms with Crippen LogP contribution in [0.5, 0.6) is 0 Å². The van der Waals surface area contributed by atoms with Crippen LogP contribution in [0, 0.1) is 5.92 Å². The van der Waals surface area contributed by atoms with Crippen LogP contribution in [0.15, 0.2) is 0 Å². The fraction of sp³-hybridized carbons (Fsp3) is 0.900. The Morgan fingerprint density at radius 3 is 1.80 bits per heavy atom. The molecule has 0 saturated carbocycles. The number of carboxylic acids is 1. The van der Waals surface area contributed by atoms with Crippen LogP contribution in [-0.4, -0.2) is 39.3 Å². The van der Waals surface area contributed by atoms with Gasteiger partial charge < -0.3 is 15.3 Å². The highest BCUT2D eigenvalue weighted by atomic mass is 16.4. The van der Waals surface area contributed by atoms with Gasteiger partial charge >= 0.3 is 5.97 Å². The van der Waals surface area contributed by atoms with E-state index in [9.17, 15) is 24.9 Å². The maximum Gasteiger partial charge on any atom is 0.316 e. The van der Waals surface area contributed by atoms with E-state index >= 15 is 0 Å². The molecule has 0 aromatic rings. The quantitative estimate of drug-likeness (QED) is 0.269. The third-order valence-corrected chi connectivity index (χ3v) is 4.68. The Bertz CT molecular complexity index is 356. The smallest absolute Gasteiger partial charge is 0.316 e. The number of Topliss-reactive ketones (excluding diaryl/α,β-unsaturated/α-hetero) is 1. The van der Waals surface area contributed by atoms with Crippen LogP contribution in [0.3, 0.4) is 0 Å². The number of unbranched alkanes of at least 4 members (excludes halogenated alkanes) is 8. The second-order valence-electron chi connectivity index (χ2n) is 7.11. The van der Waals surface area contributed by atoms with E-state index in [4.69, 9.17) is 0 Å². The molecule has 0 aromatic heterocycles. The lowest BCUT2D eigenvalue weighted by atomic mass is 9.90. The molecule has 0 heterocycles. The second kappa shape index (κ2) is 15.3. The molecule has 5 nitrogen and oxygen atoms in total. The molecule has 5 heteroatoms. The molecule has 3 N–H and O–H groups in total. The largest absolute Gasteiger partial charge is 0.481 e. The molecular formula is C20H38O5. The lowest BCUT2D eigenvalue weighted by Gasteiger charge is -2.19. The van der Waals surface area contributed by atoms with Crippen molar-refractivity contribution in [1.82, 2.24) is 0 Å². The summed E-state index contributed by atoms with van der Waals surface area (Å²) >= 11 is 0. The van der Waals surface area contributed by atoms with Crippen molar-refractivity contribution in [1.29, 1.82) is 0 Å². The first-order valence-electron chi connectivity index (χ1n) is 10.1. The Kier molecular flexibility index (Phi) is 14.7. The predicted octanol–water partition coefficient (Wildman–Crippen LogP) is 4.09. The number of aliphatic carboxylic acids is 1. The summed E-state index contributed by atoms with van der Waals surface area (Å²) in [4.78, 5) is 23.5. The van der Waals surface area contributed by atoms with E-state index in [1.165, 1.54) is 25.7 Å². The summed E-state index contributed by atoms with van der Waals surface area (Å²) in [5, 5.41) is 29.3. The van der Waals surface area contributed by atoms with Gasteiger partial charge in [-0.25, -0.2) is 0 Å². The van der Waals surface area contributed by atoms with Gasteiger partial charge in [0.1, 0.15) is 5.92 Å². The maximum atomic E-state index is 12.2. The number of aliphatic hydroxyl groups excluding tert-OH is 2. The lowest BCUT2D eigenvalue weighted by Crippen LogP contribution is -2.36. The fourth-order valence-corrected chi connectivity index (χ4v) is 3.09. The zero-order valence-corrected chi connectivity index (χ0v) is 16.1. The van der Waals surface area contributed by atoms with Crippen molar-refractivity contribution in [2.75, 3.05) is 0 Å². The molecule has 0 rings (SSSR count). The molecule has 0 aliphatic carbocycles. The molecule has 3 unspecified atom stereocenters. The summed E-state index contributed by atoms with van der Waals surface area (Å²) in [6, 6.07) is 0. The average molecular weight is 359 g/mol. The summed E-state index contributed by atoms with van der Waals surface area (Å²) in [6.45, 7) is 4.20. The van der Waals surface area contributed by atoms with Gasteiger partial charge in [-0.05, 0) is 12.8 Å². The van der Waals surface area contributed by atoms with E-state index < -0.39 is 29.9 Å². The molecule has 0 aromatic carbocycles. The van der Waals surface area contributed by atoms with Crippen molar-refractivity contribution >= 4 is 11.8 Å². The number of aliphatic hydroxyl groups is 2. The van der Waals surface area contributed by atoms with Crippen molar-refractivity contribution < 1.29 is 24.9 Å². The van der Waals surface area contributed by atoms with E-state index in [2.05, 4.69) is 6.92 Å². The lowest BCUT2D eigenvalue weighted by molar-refractivity contribution is -0.151. The summed E-state index contributed by atoms with van der Waals surface area (Å²) in [7, 11) is 0. The highest BCUT2D eigenvalue weighted by Crippen LogP contribution is 2.18. The molecule has 25 heavy (non-hydrogen) atoms. The van der Waals surface area contributed by atoms with Crippen LogP contribution < -0.4 is 0 Å². The van der Waals surface area contributed by atoms with Gasteiger partial charge in [0.15, 0.2) is 5.78 Å². The molecule has 3 atom stereocenters. The van der Waals surface area contributed by atoms with Crippen LogP contribution >= 0.6 is 0 Å². The van der Waals surface area contributed by atoms with Gasteiger partial charge in [-0.1, -0.05) is 78.1 Å². The van der Waals surface area contributed by atoms with E-state index in [1.54, 1.807) is 0 Å². The standard InChI is InChI=1S/C20H38O5/c1-3-5-7-8-9-10-12-13-16(21)15-18(23)19(20(24)25)17(22)14-11-6-4-2/h16-17,19,21-22H,3-15H2,1-2H3,(H,24,25). The second-order valence-corrected chi connectivity index (χ2v) is 7.11. The van der Waals surface area contributed by atoms with Gasteiger partial charge in [-0.3, -0.25) is 9.59 Å². The van der Waals surface area contributed by atoms with Gasteiger partial charge in [-0.15, -0.1) is 0 Å². The molecule has 0 fully saturated rings. The first-order chi connectivity index (χ1) is 11.9. The normalized spacial score (nSPS) is 14.9. The maximum absolute atomic E-state index is 12.2. The topological polar surface area (TPSA) is 94.8 Å². The number of hydrogen-bond acceptors (Lipinski definition) is 4. The number of rotatable bonds is 17. The summed E-state index contributed by atoms with van der Waals surface area (Å²) in [5.41, 5.74) is 0. The van der Waals surface area contributed by atoms with E-state index in [1.807, 2.05) is 6.92 Å². The van der Waals surface area contributed by atoms with Crippen LogP contribution in [0.4, 0.5) is 0 Å². The van der Waals surface area contributed by atoms with Crippen molar-refractivity contribution in [2.24, 2.45) is 5.92 Å². The minimum Gasteiger partial charge on any atom is -0.481 e. The highest BCUT2D eigenvalue weighted by molar-refractivity contribution is 5.99. The summed E-state index contributed by atoms with van der Waals surface area (Å²) < 4.78 is 0. The van der Waals surface area contributed by atoms with Crippen molar-refractivity contribution in [3.8, 4) is 0 Å². The number of ketones is 1. The Hall–Kier alpha value is -0.940. The Morgan fingerprint density at radius 2 is 1.24 bits per heavy atom. The van der Waals surface area contributed by atoms with Gasteiger partial charge in [0.2, 0.25) is 0 Å². The van der Waals surface area contributed by atoms with E-state index in [0.29, 0.717) is 19.3 Å². The van der Waals surface area contributed by atoms with Crippen LogP contribution in [0.1, 0.15) is 97.3 Å². The average Bonchev–Trinajstić information content (AvgIpc) is 2.54. The number of carboxylic acid groups (broad SMARTS) is 1. The third kappa shape index (κ3) is 12.1. The minimum atomic E-state index is -1.42.